The molecule has 8 nitrogen and oxygen atoms in total. The molecule has 2 aromatic rings. The molecule has 4 amide bonds. The molecule has 9 heteroatoms. The van der Waals surface area contributed by atoms with Gasteiger partial charge in [-0.3, -0.25) is 14.9 Å². The molecule has 1 aromatic heterocycles. The van der Waals surface area contributed by atoms with Crippen LogP contribution in [0.15, 0.2) is 24.3 Å². The molecule has 4 rings (SSSR count). The average Bonchev–Trinajstić information content (AvgIpc) is 3.28. The predicted octanol–water partition coefficient (Wildman–Crippen LogP) is 2.43. The maximum atomic E-state index is 12.8. The number of hydrogen-bond acceptors (Lipinski definition) is 6. The number of urea groups is 1. The number of anilines is 1. The van der Waals surface area contributed by atoms with Gasteiger partial charge in [-0.25, -0.2) is 4.79 Å². The standard InChI is InChI=1S/C20H21N3O5S/c1-23(2)20(26)22-18(25)16-11-6-5-9-15(11)29-19(16)21-17(24)14-10-27-12-7-3-4-8-13(12)28-14/h3-4,7-8,14H,5-6,9-10H2,1-2H3,(H,21,24)(H,22,25,26). The summed E-state index contributed by atoms with van der Waals surface area (Å²) in [6, 6.07) is 6.63. The van der Waals surface area contributed by atoms with Crippen LogP contribution in [0.4, 0.5) is 9.80 Å². The number of aryl methyl sites for hydroxylation is 1. The molecule has 1 aliphatic heterocycles. The fourth-order valence-corrected chi connectivity index (χ4v) is 4.63. The number of nitrogens with zero attached hydrogens (tertiary/aromatic N) is 1. The van der Waals surface area contributed by atoms with E-state index in [9.17, 15) is 14.4 Å². The van der Waals surface area contributed by atoms with Gasteiger partial charge >= 0.3 is 6.03 Å². The first-order valence-corrected chi connectivity index (χ1v) is 10.1. The highest BCUT2D eigenvalue weighted by molar-refractivity contribution is 7.17. The van der Waals surface area contributed by atoms with E-state index in [0.29, 0.717) is 22.1 Å². The van der Waals surface area contributed by atoms with Gasteiger partial charge < -0.3 is 19.7 Å². The highest BCUT2D eigenvalue weighted by atomic mass is 32.1. The zero-order valence-corrected chi connectivity index (χ0v) is 16.9. The molecule has 0 saturated carbocycles. The van der Waals surface area contributed by atoms with Crippen molar-refractivity contribution in [1.29, 1.82) is 0 Å². The van der Waals surface area contributed by atoms with Gasteiger partial charge in [-0.1, -0.05) is 12.1 Å². The fourth-order valence-electron chi connectivity index (χ4n) is 3.35. The van der Waals surface area contributed by atoms with Crippen LogP contribution in [-0.2, 0) is 17.6 Å². The summed E-state index contributed by atoms with van der Waals surface area (Å²) in [6.07, 6.45) is 1.72. The molecule has 1 atom stereocenters. The van der Waals surface area contributed by atoms with Crippen molar-refractivity contribution < 1.29 is 23.9 Å². The van der Waals surface area contributed by atoms with Gasteiger partial charge in [0.1, 0.15) is 11.6 Å². The van der Waals surface area contributed by atoms with Crippen molar-refractivity contribution in [2.75, 3.05) is 26.0 Å². The van der Waals surface area contributed by atoms with E-state index in [0.717, 1.165) is 29.7 Å². The Bertz CT molecular complexity index is 984. The second kappa shape index (κ2) is 7.75. The Balaban J connectivity index is 1.54. The van der Waals surface area contributed by atoms with Crippen LogP contribution in [0.25, 0.3) is 0 Å². The van der Waals surface area contributed by atoms with Gasteiger partial charge in [-0.05, 0) is 37.0 Å². The first-order valence-electron chi connectivity index (χ1n) is 9.30. The molecular weight excluding hydrogens is 394 g/mol. The Kier molecular flexibility index (Phi) is 5.14. The number of nitrogens with one attached hydrogen (secondary N) is 2. The summed E-state index contributed by atoms with van der Waals surface area (Å²) >= 11 is 1.38. The number of benzene rings is 1. The number of thiophene rings is 1. The largest absolute Gasteiger partial charge is 0.485 e. The molecule has 152 valence electrons. The van der Waals surface area contributed by atoms with Crippen molar-refractivity contribution in [3.63, 3.8) is 0 Å². The zero-order chi connectivity index (χ0) is 20.5. The maximum Gasteiger partial charge on any atom is 0.323 e. The molecule has 0 bridgehead atoms. The molecule has 1 aliphatic carbocycles. The van der Waals surface area contributed by atoms with Gasteiger partial charge in [0.05, 0.1) is 5.56 Å². The van der Waals surface area contributed by atoms with E-state index < -0.39 is 23.9 Å². The molecule has 1 aromatic carbocycles. The Morgan fingerprint density at radius 2 is 1.90 bits per heavy atom. The number of carbonyl (C=O) groups is 3. The van der Waals surface area contributed by atoms with Gasteiger partial charge in [0.2, 0.25) is 6.10 Å². The van der Waals surface area contributed by atoms with Gasteiger partial charge in [-0.2, -0.15) is 0 Å². The van der Waals surface area contributed by atoms with Crippen LogP contribution in [0, 0.1) is 0 Å². The molecule has 0 saturated heterocycles. The lowest BCUT2D eigenvalue weighted by atomic mass is 10.1. The van der Waals surface area contributed by atoms with Crippen LogP contribution in [-0.4, -0.2) is 49.6 Å². The molecule has 29 heavy (non-hydrogen) atoms. The second-order valence-corrected chi connectivity index (χ2v) is 8.17. The van der Waals surface area contributed by atoms with Gasteiger partial charge in [0.25, 0.3) is 11.8 Å². The van der Waals surface area contributed by atoms with Gasteiger partial charge in [-0.15, -0.1) is 11.3 Å². The molecule has 0 radical (unpaired) electrons. The van der Waals surface area contributed by atoms with E-state index in [-0.39, 0.29) is 6.61 Å². The maximum absolute atomic E-state index is 12.8. The smallest absolute Gasteiger partial charge is 0.323 e. The van der Waals surface area contributed by atoms with Gasteiger partial charge in [0.15, 0.2) is 11.5 Å². The molecule has 2 heterocycles. The third-order valence-electron chi connectivity index (χ3n) is 4.81. The number of rotatable bonds is 3. The quantitative estimate of drug-likeness (QED) is 0.803. The van der Waals surface area contributed by atoms with Crippen molar-refractivity contribution >= 4 is 34.2 Å². The third-order valence-corrected chi connectivity index (χ3v) is 6.02. The van der Waals surface area contributed by atoms with Crippen molar-refractivity contribution in [2.24, 2.45) is 0 Å². The van der Waals surface area contributed by atoms with E-state index >= 15 is 0 Å². The molecule has 1 unspecified atom stereocenters. The average molecular weight is 415 g/mol. The molecule has 2 N–H and O–H groups in total. The summed E-state index contributed by atoms with van der Waals surface area (Å²) in [5, 5.41) is 5.61. The predicted molar refractivity (Wildman–Crippen MR) is 108 cm³/mol. The van der Waals surface area contributed by atoms with Crippen LogP contribution in [0.2, 0.25) is 0 Å². The normalized spacial score (nSPS) is 16.7. The van der Waals surface area contributed by atoms with Crippen molar-refractivity contribution in [1.82, 2.24) is 10.2 Å². The van der Waals surface area contributed by atoms with E-state index in [1.54, 1.807) is 32.3 Å². The van der Waals surface area contributed by atoms with E-state index in [1.807, 2.05) is 6.07 Å². The summed E-state index contributed by atoms with van der Waals surface area (Å²) < 4.78 is 11.3. The number of para-hydroxylation sites is 2. The Hall–Kier alpha value is -3.07. The summed E-state index contributed by atoms with van der Waals surface area (Å²) in [6.45, 7) is 0.0780. The fraction of sp³-hybridized carbons (Fsp3) is 0.350. The van der Waals surface area contributed by atoms with Gasteiger partial charge in [0, 0.05) is 19.0 Å². The van der Waals surface area contributed by atoms with Crippen molar-refractivity contribution in [2.45, 2.75) is 25.4 Å². The first-order chi connectivity index (χ1) is 13.9. The molecular formula is C20H21N3O5S. The monoisotopic (exact) mass is 415 g/mol. The second-order valence-electron chi connectivity index (χ2n) is 7.07. The number of imide groups is 1. The lowest BCUT2D eigenvalue weighted by Gasteiger charge is -2.25. The highest BCUT2D eigenvalue weighted by Gasteiger charge is 2.32. The Morgan fingerprint density at radius 1 is 1.14 bits per heavy atom. The van der Waals surface area contributed by atoms with Crippen LogP contribution in [0.5, 0.6) is 11.5 Å². The first kappa shape index (κ1) is 19.3. The minimum atomic E-state index is -0.832. The summed E-state index contributed by atoms with van der Waals surface area (Å²) in [7, 11) is 3.11. The lowest BCUT2D eigenvalue weighted by Crippen LogP contribution is -2.41. The third kappa shape index (κ3) is 3.77. The molecule has 0 fully saturated rings. The number of hydrogen-bond donors (Lipinski definition) is 2. The zero-order valence-electron chi connectivity index (χ0n) is 16.1. The summed E-state index contributed by atoms with van der Waals surface area (Å²) in [5.41, 5.74) is 1.27. The topological polar surface area (TPSA) is 97.0 Å². The highest BCUT2D eigenvalue weighted by Crippen LogP contribution is 2.39. The Morgan fingerprint density at radius 3 is 2.66 bits per heavy atom. The van der Waals surface area contributed by atoms with E-state index in [1.165, 1.54) is 16.2 Å². The Labute approximate surface area is 171 Å². The number of amides is 4. The lowest BCUT2D eigenvalue weighted by molar-refractivity contribution is -0.125. The van der Waals surface area contributed by atoms with Crippen molar-refractivity contribution in [3.8, 4) is 11.5 Å². The summed E-state index contributed by atoms with van der Waals surface area (Å²) in [4.78, 5) is 39.8. The minimum absolute atomic E-state index is 0.0780. The summed E-state index contributed by atoms with van der Waals surface area (Å²) in [5.74, 6) is 0.188. The van der Waals surface area contributed by atoms with E-state index in [4.69, 9.17) is 9.47 Å². The van der Waals surface area contributed by atoms with Crippen LogP contribution < -0.4 is 20.1 Å². The number of fused-ring (bicyclic) bond motifs is 2. The van der Waals surface area contributed by atoms with Crippen LogP contribution >= 0.6 is 11.3 Å². The van der Waals surface area contributed by atoms with Crippen LogP contribution in [0.3, 0.4) is 0 Å². The minimum Gasteiger partial charge on any atom is -0.485 e. The number of carbonyl (C=O) groups excluding carboxylic acids is 3. The van der Waals surface area contributed by atoms with Crippen LogP contribution in [0.1, 0.15) is 27.2 Å². The van der Waals surface area contributed by atoms with E-state index in [2.05, 4.69) is 10.6 Å². The molecule has 0 spiro atoms. The van der Waals surface area contributed by atoms with Crippen molar-refractivity contribution in [3.05, 3.63) is 40.3 Å². The molecule has 2 aliphatic rings. The SMILES string of the molecule is CN(C)C(=O)NC(=O)c1c(NC(=O)C2COc3ccccc3O2)sc2c1CCC2. The number of ether oxygens (including phenoxy) is 2.